The molecule has 0 aromatic carbocycles. The first-order valence-corrected chi connectivity index (χ1v) is 7.38. The predicted octanol–water partition coefficient (Wildman–Crippen LogP) is 2.89. The Kier molecular flexibility index (Phi) is 3.71. The van der Waals surface area contributed by atoms with Crippen molar-refractivity contribution in [2.24, 2.45) is 11.7 Å². The maximum absolute atomic E-state index is 5.74. The lowest BCUT2D eigenvalue weighted by molar-refractivity contribution is 0.170. The summed E-state index contributed by atoms with van der Waals surface area (Å²) in [6.45, 7) is 2.72. The second-order valence-corrected chi connectivity index (χ2v) is 5.80. The van der Waals surface area contributed by atoms with Crippen LogP contribution in [0.2, 0.25) is 0 Å². The monoisotopic (exact) mass is 248 g/mol. The second-order valence-electron chi connectivity index (χ2n) is 5.80. The highest BCUT2D eigenvalue weighted by atomic mass is 16.3. The summed E-state index contributed by atoms with van der Waals surface area (Å²) in [5.74, 6) is 2.93. The van der Waals surface area contributed by atoms with Crippen LogP contribution in [-0.4, -0.2) is 17.5 Å². The zero-order valence-corrected chi connectivity index (χ0v) is 11.1. The number of hydrogen-bond donors (Lipinski definition) is 1. The first kappa shape index (κ1) is 12.2. The van der Waals surface area contributed by atoms with E-state index < -0.39 is 0 Å². The van der Waals surface area contributed by atoms with E-state index in [0.29, 0.717) is 6.54 Å². The second kappa shape index (κ2) is 5.45. The molecule has 0 amide bonds. The van der Waals surface area contributed by atoms with Crippen molar-refractivity contribution >= 4 is 0 Å². The molecule has 3 rings (SSSR count). The molecule has 2 heterocycles. The van der Waals surface area contributed by atoms with E-state index in [1.165, 1.54) is 45.1 Å². The van der Waals surface area contributed by atoms with E-state index in [2.05, 4.69) is 11.0 Å². The molecule has 1 aromatic heterocycles. The number of hydrogen-bond acceptors (Lipinski definition) is 3. The van der Waals surface area contributed by atoms with Crippen molar-refractivity contribution in [3.05, 3.63) is 23.7 Å². The highest BCUT2D eigenvalue weighted by Crippen LogP contribution is 2.36. The Labute approximate surface area is 109 Å². The molecule has 100 valence electrons. The minimum atomic E-state index is 0.506. The largest absolute Gasteiger partial charge is 0.463 e. The van der Waals surface area contributed by atoms with Crippen LogP contribution in [0.3, 0.4) is 0 Å². The molecule has 2 N–H and O–H groups in total. The minimum Gasteiger partial charge on any atom is -0.463 e. The molecule has 0 radical (unpaired) electrons. The van der Waals surface area contributed by atoms with Gasteiger partial charge in [0.25, 0.3) is 0 Å². The van der Waals surface area contributed by atoms with E-state index in [4.69, 9.17) is 10.2 Å². The Morgan fingerprint density at radius 3 is 2.61 bits per heavy atom. The molecule has 1 unspecified atom stereocenters. The van der Waals surface area contributed by atoms with Crippen molar-refractivity contribution in [2.75, 3.05) is 6.54 Å². The fraction of sp³-hybridized carbons (Fsp3) is 0.733. The molecule has 3 nitrogen and oxygen atoms in total. The van der Waals surface area contributed by atoms with E-state index >= 15 is 0 Å². The normalized spacial score (nSPS) is 26.2. The van der Waals surface area contributed by atoms with Crippen molar-refractivity contribution in [1.29, 1.82) is 0 Å². The van der Waals surface area contributed by atoms with E-state index in [1.54, 1.807) is 0 Å². The molecule has 2 fully saturated rings. The van der Waals surface area contributed by atoms with Crippen LogP contribution in [0.4, 0.5) is 0 Å². The predicted molar refractivity (Wildman–Crippen MR) is 72.0 cm³/mol. The van der Waals surface area contributed by atoms with Gasteiger partial charge in [0.2, 0.25) is 0 Å². The minimum absolute atomic E-state index is 0.506. The van der Waals surface area contributed by atoms with Crippen LogP contribution in [0.5, 0.6) is 0 Å². The molecule has 1 aliphatic heterocycles. The van der Waals surface area contributed by atoms with Gasteiger partial charge in [0.15, 0.2) is 0 Å². The molecule has 1 aliphatic carbocycles. The first-order valence-electron chi connectivity index (χ1n) is 7.38. The van der Waals surface area contributed by atoms with E-state index in [1.807, 2.05) is 6.07 Å². The van der Waals surface area contributed by atoms with Gasteiger partial charge in [0.1, 0.15) is 11.5 Å². The van der Waals surface area contributed by atoms with Crippen molar-refractivity contribution in [2.45, 2.75) is 57.7 Å². The summed E-state index contributed by atoms with van der Waals surface area (Å²) >= 11 is 0. The lowest BCUT2D eigenvalue weighted by Crippen LogP contribution is -2.34. The van der Waals surface area contributed by atoms with Gasteiger partial charge in [-0.05, 0) is 50.3 Å². The molecule has 2 aliphatic rings. The number of nitrogens with two attached hydrogens (primary N) is 1. The van der Waals surface area contributed by atoms with Gasteiger partial charge in [-0.2, -0.15) is 0 Å². The Morgan fingerprint density at radius 1 is 1.11 bits per heavy atom. The topological polar surface area (TPSA) is 42.4 Å². The Bertz CT molecular complexity index is 382. The Morgan fingerprint density at radius 2 is 1.89 bits per heavy atom. The fourth-order valence-electron chi connectivity index (χ4n) is 3.74. The van der Waals surface area contributed by atoms with E-state index in [-0.39, 0.29) is 0 Å². The average molecular weight is 248 g/mol. The molecule has 0 bridgehead atoms. The summed E-state index contributed by atoms with van der Waals surface area (Å²) < 4.78 is 5.74. The molecule has 1 atom stereocenters. The van der Waals surface area contributed by atoms with Gasteiger partial charge in [-0.3, -0.25) is 4.90 Å². The molecule has 3 heteroatoms. The molecule has 1 aromatic rings. The highest BCUT2D eigenvalue weighted by molar-refractivity contribution is 5.07. The zero-order valence-electron chi connectivity index (χ0n) is 11.1. The van der Waals surface area contributed by atoms with Gasteiger partial charge in [-0.15, -0.1) is 0 Å². The van der Waals surface area contributed by atoms with Crippen molar-refractivity contribution in [3.8, 4) is 0 Å². The zero-order chi connectivity index (χ0) is 12.4. The highest BCUT2D eigenvalue weighted by Gasteiger charge is 2.33. The summed E-state index contributed by atoms with van der Waals surface area (Å²) in [4.78, 5) is 2.63. The van der Waals surface area contributed by atoms with Gasteiger partial charge < -0.3 is 10.2 Å². The lowest BCUT2D eigenvalue weighted by atomic mass is 9.96. The van der Waals surface area contributed by atoms with Crippen molar-refractivity contribution < 1.29 is 4.42 Å². The Balaban J connectivity index is 1.63. The summed E-state index contributed by atoms with van der Waals surface area (Å²) in [6.07, 6.45) is 8.49. The Hall–Kier alpha value is -0.800. The number of likely N-dealkylation sites (tertiary alicyclic amines) is 1. The fourth-order valence-corrected chi connectivity index (χ4v) is 3.74. The first-order chi connectivity index (χ1) is 8.86. The molecular formula is C15H24N2O. The molecular weight excluding hydrogens is 224 g/mol. The van der Waals surface area contributed by atoms with Crippen LogP contribution in [-0.2, 0) is 13.1 Å². The summed E-state index contributed by atoms with van der Waals surface area (Å²) in [6, 6.07) is 4.90. The van der Waals surface area contributed by atoms with Crippen LogP contribution in [0.1, 0.15) is 50.0 Å². The number of furan rings is 1. The summed E-state index contributed by atoms with van der Waals surface area (Å²) in [5, 5.41) is 0. The van der Waals surface area contributed by atoms with Gasteiger partial charge >= 0.3 is 0 Å². The van der Waals surface area contributed by atoms with E-state index in [9.17, 15) is 0 Å². The SMILES string of the molecule is NCc1ccc(CN2CCCC2C2CCCC2)o1. The quantitative estimate of drug-likeness (QED) is 0.891. The maximum Gasteiger partial charge on any atom is 0.118 e. The standard InChI is InChI=1S/C15H24N2O/c16-10-13-7-8-14(18-13)11-17-9-3-6-15(17)12-4-1-2-5-12/h7-8,12,15H,1-6,9-11,16H2. The average Bonchev–Trinajstić information content (AvgIpc) is 3.09. The van der Waals surface area contributed by atoms with Crippen LogP contribution in [0.15, 0.2) is 16.5 Å². The van der Waals surface area contributed by atoms with Crippen LogP contribution < -0.4 is 5.73 Å². The van der Waals surface area contributed by atoms with Crippen LogP contribution >= 0.6 is 0 Å². The number of rotatable bonds is 4. The third kappa shape index (κ3) is 2.47. The molecule has 1 saturated carbocycles. The van der Waals surface area contributed by atoms with Gasteiger partial charge in [-0.1, -0.05) is 12.8 Å². The molecule has 18 heavy (non-hydrogen) atoms. The van der Waals surface area contributed by atoms with Crippen molar-refractivity contribution in [1.82, 2.24) is 4.90 Å². The molecule has 0 spiro atoms. The molecule has 1 saturated heterocycles. The van der Waals surface area contributed by atoms with Gasteiger partial charge in [0.05, 0.1) is 13.1 Å². The van der Waals surface area contributed by atoms with Crippen LogP contribution in [0, 0.1) is 5.92 Å². The number of nitrogens with zero attached hydrogens (tertiary/aromatic N) is 1. The van der Waals surface area contributed by atoms with Gasteiger partial charge in [0, 0.05) is 6.04 Å². The smallest absolute Gasteiger partial charge is 0.118 e. The van der Waals surface area contributed by atoms with Gasteiger partial charge in [-0.25, -0.2) is 0 Å². The third-order valence-electron chi connectivity index (χ3n) is 4.64. The van der Waals surface area contributed by atoms with E-state index in [0.717, 1.165) is 30.0 Å². The summed E-state index contributed by atoms with van der Waals surface area (Å²) in [5.41, 5.74) is 5.59. The maximum atomic E-state index is 5.74. The third-order valence-corrected chi connectivity index (χ3v) is 4.64. The lowest BCUT2D eigenvalue weighted by Gasteiger charge is -2.28. The van der Waals surface area contributed by atoms with Crippen LogP contribution in [0.25, 0.3) is 0 Å². The van der Waals surface area contributed by atoms with Crippen molar-refractivity contribution in [3.63, 3.8) is 0 Å². The summed E-state index contributed by atoms with van der Waals surface area (Å²) in [7, 11) is 0.